The Morgan fingerprint density at radius 2 is 2.40 bits per heavy atom. The largest absolute Gasteiger partial charge is 0.395 e. The average Bonchev–Trinajstić information content (AvgIpc) is 3.10. The zero-order chi connectivity index (χ0) is 14.4. The van der Waals surface area contributed by atoms with E-state index >= 15 is 0 Å². The zero-order valence-electron chi connectivity index (χ0n) is 10.9. The molecule has 0 aliphatic heterocycles. The van der Waals surface area contributed by atoms with E-state index in [0.29, 0.717) is 12.0 Å². The van der Waals surface area contributed by atoms with E-state index in [1.165, 1.54) is 22.7 Å². The van der Waals surface area contributed by atoms with Gasteiger partial charge in [-0.2, -0.15) is 0 Å². The summed E-state index contributed by atoms with van der Waals surface area (Å²) >= 11 is 2.94. The number of carbonyl (C=O) groups is 1. The first-order valence-corrected chi connectivity index (χ1v) is 7.85. The summed E-state index contributed by atoms with van der Waals surface area (Å²) in [6.45, 7) is 1.96. The van der Waals surface area contributed by atoms with Crippen molar-refractivity contribution in [3.05, 3.63) is 38.5 Å². The lowest BCUT2D eigenvalue weighted by molar-refractivity contribution is 0.0940. The number of nitrogens with zero attached hydrogens (tertiary/aromatic N) is 1. The van der Waals surface area contributed by atoms with E-state index in [2.05, 4.69) is 22.1 Å². The molecule has 0 aliphatic rings. The van der Waals surface area contributed by atoms with E-state index in [9.17, 15) is 4.79 Å². The molecule has 1 amide bonds. The molecule has 2 aromatic heterocycles. The van der Waals surface area contributed by atoms with Crippen LogP contribution in [0.25, 0.3) is 0 Å². The van der Waals surface area contributed by atoms with Gasteiger partial charge < -0.3 is 10.4 Å². The fourth-order valence-corrected chi connectivity index (χ4v) is 2.92. The van der Waals surface area contributed by atoms with Gasteiger partial charge in [0.05, 0.1) is 23.1 Å². The van der Waals surface area contributed by atoms with Gasteiger partial charge in [0.2, 0.25) is 0 Å². The summed E-state index contributed by atoms with van der Waals surface area (Å²) in [5.41, 5.74) is 0.603. The van der Waals surface area contributed by atoms with Gasteiger partial charge in [-0.05, 0) is 13.0 Å². The lowest BCUT2D eigenvalue weighted by Gasteiger charge is -2.09. The Balaban J connectivity index is 1.98. The minimum absolute atomic E-state index is 0.0526. The first kappa shape index (κ1) is 14.7. The molecule has 1 unspecified atom stereocenters. The minimum atomic E-state index is -0.126. The number of aliphatic hydroxyl groups excluding tert-OH is 1. The molecule has 4 nitrogen and oxygen atoms in total. The van der Waals surface area contributed by atoms with Crippen LogP contribution in [0.15, 0.2) is 23.0 Å². The van der Waals surface area contributed by atoms with E-state index in [1.54, 1.807) is 17.6 Å². The maximum atomic E-state index is 12.1. The predicted molar refractivity (Wildman–Crippen MR) is 80.9 cm³/mol. The van der Waals surface area contributed by atoms with E-state index < -0.39 is 0 Å². The Hall–Kier alpha value is -1.68. The molecule has 0 saturated heterocycles. The molecular formula is C14H14N2O2S2. The van der Waals surface area contributed by atoms with Crippen LogP contribution >= 0.6 is 22.7 Å². The van der Waals surface area contributed by atoms with Gasteiger partial charge in [0.15, 0.2) is 0 Å². The normalized spacial score (nSPS) is 11.5. The molecule has 6 heteroatoms. The van der Waals surface area contributed by atoms with Gasteiger partial charge in [0.1, 0.15) is 5.01 Å². The topological polar surface area (TPSA) is 62.2 Å². The molecule has 0 spiro atoms. The summed E-state index contributed by atoms with van der Waals surface area (Å²) in [5, 5.41) is 16.1. The number of aromatic nitrogens is 1. The quantitative estimate of drug-likeness (QED) is 0.853. The standard InChI is InChI=1S/C14H14N2O2S2/c1-10(14-15-5-7-19-14)16-13(18)11-8-12(20-9-11)4-2-3-6-17/h5,7-10,17H,3,6H2,1H3,(H,16,18). The highest BCUT2D eigenvalue weighted by atomic mass is 32.1. The molecule has 2 rings (SSSR count). The van der Waals surface area contributed by atoms with Gasteiger partial charge in [-0.25, -0.2) is 4.98 Å². The van der Waals surface area contributed by atoms with Gasteiger partial charge in [0, 0.05) is 23.4 Å². The second kappa shape index (κ2) is 7.20. The molecule has 104 valence electrons. The summed E-state index contributed by atoms with van der Waals surface area (Å²) in [6, 6.07) is 1.66. The average molecular weight is 306 g/mol. The number of thiazole rings is 1. The van der Waals surface area contributed by atoms with Crippen molar-refractivity contribution in [1.29, 1.82) is 0 Å². The summed E-state index contributed by atoms with van der Waals surface area (Å²) in [4.78, 5) is 17.1. The van der Waals surface area contributed by atoms with Gasteiger partial charge in [-0.15, -0.1) is 22.7 Å². The van der Waals surface area contributed by atoms with Crippen molar-refractivity contribution in [2.45, 2.75) is 19.4 Å². The molecule has 1 atom stereocenters. The van der Waals surface area contributed by atoms with Crippen LogP contribution in [-0.4, -0.2) is 22.6 Å². The highest BCUT2D eigenvalue weighted by Crippen LogP contribution is 2.17. The molecule has 2 N–H and O–H groups in total. The van der Waals surface area contributed by atoms with Crippen molar-refractivity contribution in [2.75, 3.05) is 6.61 Å². The van der Waals surface area contributed by atoms with Crippen LogP contribution in [-0.2, 0) is 0 Å². The lowest BCUT2D eigenvalue weighted by atomic mass is 10.2. The summed E-state index contributed by atoms with van der Waals surface area (Å²) in [5.74, 6) is 5.63. The van der Waals surface area contributed by atoms with Crippen molar-refractivity contribution in [3.8, 4) is 11.8 Å². The van der Waals surface area contributed by atoms with Crippen molar-refractivity contribution in [2.24, 2.45) is 0 Å². The summed E-state index contributed by atoms with van der Waals surface area (Å²) < 4.78 is 0. The van der Waals surface area contributed by atoms with Crippen LogP contribution in [0.4, 0.5) is 0 Å². The lowest BCUT2D eigenvalue weighted by Crippen LogP contribution is -2.26. The molecule has 2 heterocycles. The molecule has 0 aromatic carbocycles. The number of rotatable bonds is 4. The molecule has 0 aliphatic carbocycles. The molecular weight excluding hydrogens is 292 g/mol. The van der Waals surface area contributed by atoms with E-state index in [4.69, 9.17) is 5.11 Å². The van der Waals surface area contributed by atoms with Crippen molar-refractivity contribution in [3.63, 3.8) is 0 Å². The predicted octanol–water partition coefficient (Wildman–Crippen LogP) is 2.43. The minimum Gasteiger partial charge on any atom is -0.395 e. The smallest absolute Gasteiger partial charge is 0.252 e. The summed E-state index contributed by atoms with van der Waals surface area (Å²) in [6.07, 6.45) is 2.17. The van der Waals surface area contributed by atoms with Gasteiger partial charge in [-0.3, -0.25) is 4.79 Å². The number of nitrogens with one attached hydrogen (secondary N) is 1. The van der Waals surface area contributed by atoms with Crippen molar-refractivity contribution < 1.29 is 9.90 Å². The Morgan fingerprint density at radius 3 is 3.10 bits per heavy atom. The monoisotopic (exact) mass is 306 g/mol. The number of hydrogen-bond acceptors (Lipinski definition) is 5. The molecule has 0 saturated carbocycles. The number of amides is 1. The summed E-state index contributed by atoms with van der Waals surface area (Å²) in [7, 11) is 0. The molecule has 0 radical (unpaired) electrons. The second-order valence-corrected chi connectivity index (χ2v) is 5.88. The van der Waals surface area contributed by atoms with Gasteiger partial charge in [0.25, 0.3) is 5.91 Å². The number of hydrogen-bond donors (Lipinski definition) is 2. The fraction of sp³-hybridized carbons (Fsp3) is 0.286. The molecule has 0 fully saturated rings. The van der Waals surface area contributed by atoms with E-state index in [-0.39, 0.29) is 18.6 Å². The number of aliphatic hydroxyl groups is 1. The molecule has 0 bridgehead atoms. The van der Waals surface area contributed by atoms with E-state index in [0.717, 1.165) is 9.88 Å². The Labute approximate surface area is 125 Å². The van der Waals surface area contributed by atoms with Crippen LogP contribution in [0, 0.1) is 11.8 Å². The van der Waals surface area contributed by atoms with Crippen LogP contribution in [0.5, 0.6) is 0 Å². The van der Waals surface area contributed by atoms with E-state index in [1.807, 2.05) is 12.3 Å². The third-order valence-corrected chi connectivity index (χ3v) is 4.28. The van der Waals surface area contributed by atoms with Gasteiger partial charge >= 0.3 is 0 Å². The highest BCUT2D eigenvalue weighted by Gasteiger charge is 2.14. The Bertz CT molecular complexity index is 623. The van der Waals surface area contributed by atoms with Gasteiger partial charge in [-0.1, -0.05) is 11.8 Å². The first-order valence-electron chi connectivity index (χ1n) is 6.09. The van der Waals surface area contributed by atoms with Crippen LogP contribution < -0.4 is 5.32 Å². The van der Waals surface area contributed by atoms with Crippen molar-refractivity contribution >= 4 is 28.6 Å². The maximum Gasteiger partial charge on any atom is 0.252 e. The number of thiophene rings is 1. The van der Waals surface area contributed by atoms with Crippen molar-refractivity contribution in [1.82, 2.24) is 10.3 Å². The van der Waals surface area contributed by atoms with Crippen LogP contribution in [0.1, 0.15) is 39.6 Å². The first-order chi connectivity index (χ1) is 9.70. The number of carbonyl (C=O) groups excluding carboxylic acids is 1. The zero-order valence-corrected chi connectivity index (χ0v) is 12.6. The van der Waals surface area contributed by atoms with Crippen LogP contribution in [0.3, 0.4) is 0 Å². The third-order valence-electron chi connectivity index (χ3n) is 2.48. The van der Waals surface area contributed by atoms with Crippen LogP contribution in [0.2, 0.25) is 0 Å². The highest BCUT2D eigenvalue weighted by molar-refractivity contribution is 7.10. The molecule has 2 aromatic rings. The SMILES string of the molecule is CC(NC(=O)c1csc(C#CCCO)c1)c1nccs1. The Morgan fingerprint density at radius 1 is 1.55 bits per heavy atom. The third kappa shape index (κ3) is 3.90. The second-order valence-electron chi connectivity index (χ2n) is 4.04. The fourth-order valence-electron chi connectivity index (χ4n) is 1.52. The Kier molecular flexibility index (Phi) is 5.30. The molecule has 20 heavy (non-hydrogen) atoms. The maximum absolute atomic E-state index is 12.1.